The van der Waals surface area contributed by atoms with Crippen molar-refractivity contribution in [2.24, 2.45) is 0 Å². The fourth-order valence-corrected chi connectivity index (χ4v) is 2.34. The van der Waals surface area contributed by atoms with Crippen molar-refractivity contribution in [1.82, 2.24) is 15.3 Å². The van der Waals surface area contributed by atoms with E-state index in [9.17, 15) is 0 Å². The van der Waals surface area contributed by atoms with Crippen LogP contribution in [-0.4, -0.2) is 23.1 Å². The predicted molar refractivity (Wildman–Crippen MR) is 62.2 cm³/mol. The summed E-state index contributed by atoms with van der Waals surface area (Å²) < 4.78 is 0. The van der Waals surface area contributed by atoms with E-state index in [1.54, 1.807) is 0 Å². The molecular formula is C12H21N3. The first kappa shape index (κ1) is 10.7. The Morgan fingerprint density at radius 3 is 2.47 bits per heavy atom. The maximum atomic E-state index is 4.74. The van der Waals surface area contributed by atoms with Gasteiger partial charge in [-0.05, 0) is 38.8 Å². The molecule has 1 aromatic heterocycles. The van der Waals surface area contributed by atoms with E-state index >= 15 is 0 Å². The van der Waals surface area contributed by atoms with E-state index < -0.39 is 0 Å². The second kappa shape index (κ2) is 4.79. The molecule has 0 radical (unpaired) electrons. The third-order valence-electron chi connectivity index (χ3n) is 3.30. The fraction of sp³-hybridized carbons (Fsp3) is 0.750. The van der Waals surface area contributed by atoms with E-state index in [2.05, 4.69) is 24.1 Å². The van der Waals surface area contributed by atoms with Crippen LogP contribution < -0.4 is 5.32 Å². The van der Waals surface area contributed by atoms with Crippen molar-refractivity contribution in [3.63, 3.8) is 0 Å². The highest BCUT2D eigenvalue weighted by Crippen LogP contribution is 2.24. The lowest BCUT2D eigenvalue weighted by Crippen LogP contribution is -2.27. The molecule has 0 unspecified atom stereocenters. The second-order valence-corrected chi connectivity index (χ2v) is 4.28. The number of hydrogen-bond donors (Lipinski definition) is 2. The minimum atomic E-state index is 0.650. The molecule has 0 spiro atoms. The van der Waals surface area contributed by atoms with Gasteiger partial charge < -0.3 is 10.3 Å². The van der Waals surface area contributed by atoms with Gasteiger partial charge in [0, 0.05) is 11.6 Å². The zero-order valence-electron chi connectivity index (χ0n) is 9.77. The number of hydrogen-bond acceptors (Lipinski definition) is 2. The molecule has 15 heavy (non-hydrogen) atoms. The maximum Gasteiger partial charge on any atom is 0.109 e. The summed E-state index contributed by atoms with van der Waals surface area (Å²) >= 11 is 0. The fourth-order valence-electron chi connectivity index (χ4n) is 2.34. The smallest absolute Gasteiger partial charge is 0.109 e. The Morgan fingerprint density at radius 2 is 1.93 bits per heavy atom. The Bertz CT molecular complexity index is 289. The van der Waals surface area contributed by atoms with Crippen molar-refractivity contribution < 1.29 is 0 Å². The monoisotopic (exact) mass is 207 g/mol. The number of nitrogens with one attached hydrogen (secondary N) is 2. The standard InChI is InChI=1S/C12H21N3/c1-3-10-11(4-2)15-12(14-10)9-5-7-13-8-6-9/h9,13H,3-8H2,1-2H3,(H,14,15). The summed E-state index contributed by atoms with van der Waals surface area (Å²) in [4.78, 5) is 8.25. The van der Waals surface area contributed by atoms with Crippen LogP contribution in [0.2, 0.25) is 0 Å². The van der Waals surface area contributed by atoms with Crippen LogP contribution in [-0.2, 0) is 12.8 Å². The molecule has 1 aliphatic rings. The Balaban J connectivity index is 2.16. The number of aromatic nitrogens is 2. The van der Waals surface area contributed by atoms with Crippen LogP contribution in [0.3, 0.4) is 0 Å². The van der Waals surface area contributed by atoms with Gasteiger partial charge in [0.05, 0.1) is 5.69 Å². The largest absolute Gasteiger partial charge is 0.345 e. The molecule has 0 amide bonds. The third kappa shape index (κ3) is 2.23. The molecule has 84 valence electrons. The molecular weight excluding hydrogens is 186 g/mol. The first-order chi connectivity index (χ1) is 7.35. The summed E-state index contributed by atoms with van der Waals surface area (Å²) in [6.07, 6.45) is 4.56. The molecule has 2 rings (SSSR count). The maximum absolute atomic E-state index is 4.74. The summed E-state index contributed by atoms with van der Waals surface area (Å²) in [6.45, 7) is 6.64. The Hall–Kier alpha value is -0.830. The lowest BCUT2D eigenvalue weighted by Gasteiger charge is -2.20. The molecule has 0 saturated carbocycles. The van der Waals surface area contributed by atoms with Gasteiger partial charge in [0.2, 0.25) is 0 Å². The zero-order valence-corrected chi connectivity index (χ0v) is 9.77. The van der Waals surface area contributed by atoms with Gasteiger partial charge in [-0.2, -0.15) is 0 Å². The summed E-state index contributed by atoms with van der Waals surface area (Å²) in [5.41, 5.74) is 2.61. The van der Waals surface area contributed by atoms with Crippen LogP contribution in [0.5, 0.6) is 0 Å². The van der Waals surface area contributed by atoms with Gasteiger partial charge in [-0.3, -0.25) is 0 Å². The van der Waals surface area contributed by atoms with E-state index in [0.717, 1.165) is 25.9 Å². The van der Waals surface area contributed by atoms with E-state index in [4.69, 9.17) is 4.98 Å². The molecule has 0 aromatic carbocycles. The molecule has 0 bridgehead atoms. The van der Waals surface area contributed by atoms with Gasteiger partial charge in [-0.1, -0.05) is 13.8 Å². The number of H-pyrrole nitrogens is 1. The van der Waals surface area contributed by atoms with Crippen LogP contribution in [0, 0.1) is 0 Å². The topological polar surface area (TPSA) is 40.7 Å². The van der Waals surface area contributed by atoms with Gasteiger partial charge in [0.25, 0.3) is 0 Å². The lowest BCUT2D eigenvalue weighted by atomic mass is 9.98. The van der Waals surface area contributed by atoms with Crippen LogP contribution >= 0.6 is 0 Å². The van der Waals surface area contributed by atoms with Crippen molar-refractivity contribution in [1.29, 1.82) is 0 Å². The van der Waals surface area contributed by atoms with E-state index in [1.807, 2.05) is 0 Å². The Morgan fingerprint density at radius 1 is 1.20 bits per heavy atom. The number of aryl methyl sites for hydroxylation is 2. The minimum absolute atomic E-state index is 0.650. The first-order valence-electron chi connectivity index (χ1n) is 6.13. The number of piperidine rings is 1. The highest BCUT2D eigenvalue weighted by Gasteiger charge is 2.19. The van der Waals surface area contributed by atoms with E-state index in [0.29, 0.717) is 5.92 Å². The van der Waals surface area contributed by atoms with Gasteiger partial charge in [-0.25, -0.2) is 4.98 Å². The molecule has 3 heteroatoms. The molecule has 3 nitrogen and oxygen atoms in total. The summed E-state index contributed by atoms with van der Waals surface area (Å²) in [6, 6.07) is 0. The van der Waals surface area contributed by atoms with Crippen LogP contribution in [0.15, 0.2) is 0 Å². The van der Waals surface area contributed by atoms with Crippen molar-refractivity contribution >= 4 is 0 Å². The van der Waals surface area contributed by atoms with Crippen LogP contribution in [0.1, 0.15) is 49.8 Å². The normalized spacial score (nSPS) is 18.3. The molecule has 2 N–H and O–H groups in total. The average molecular weight is 207 g/mol. The number of nitrogens with zero attached hydrogens (tertiary/aromatic N) is 1. The molecule has 0 aliphatic carbocycles. The molecule has 1 aliphatic heterocycles. The Kier molecular flexibility index (Phi) is 3.41. The van der Waals surface area contributed by atoms with Crippen molar-refractivity contribution in [2.45, 2.75) is 45.4 Å². The quantitative estimate of drug-likeness (QED) is 0.796. The molecule has 1 fully saturated rings. The molecule has 2 heterocycles. The molecule has 0 atom stereocenters. The minimum Gasteiger partial charge on any atom is -0.345 e. The highest BCUT2D eigenvalue weighted by molar-refractivity contribution is 5.17. The summed E-state index contributed by atoms with van der Waals surface area (Å²) in [5.74, 6) is 1.88. The SMILES string of the molecule is CCc1nc(C2CCNCC2)[nH]c1CC. The molecule has 1 aromatic rings. The third-order valence-corrected chi connectivity index (χ3v) is 3.30. The second-order valence-electron chi connectivity index (χ2n) is 4.28. The van der Waals surface area contributed by atoms with E-state index in [1.165, 1.54) is 30.1 Å². The van der Waals surface area contributed by atoms with Crippen molar-refractivity contribution in [3.8, 4) is 0 Å². The summed E-state index contributed by atoms with van der Waals surface area (Å²) in [7, 11) is 0. The number of aromatic amines is 1. The van der Waals surface area contributed by atoms with Gasteiger partial charge in [0.1, 0.15) is 5.82 Å². The van der Waals surface area contributed by atoms with Crippen molar-refractivity contribution in [3.05, 3.63) is 17.2 Å². The van der Waals surface area contributed by atoms with Crippen LogP contribution in [0.25, 0.3) is 0 Å². The average Bonchev–Trinajstić information content (AvgIpc) is 2.73. The number of imidazole rings is 1. The van der Waals surface area contributed by atoms with Gasteiger partial charge in [0.15, 0.2) is 0 Å². The number of rotatable bonds is 3. The Labute approximate surface area is 91.7 Å². The first-order valence-corrected chi connectivity index (χ1v) is 6.13. The zero-order chi connectivity index (χ0) is 10.7. The lowest BCUT2D eigenvalue weighted by molar-refractivity contribution is 0.446. The van der Waals surface area contributed by atoms with Crippen molar-refractivity contribution in [2.75, 3.05) is 13.1 Å². The molecule has 1 saturated heterocycles. The van der Waals surface area contributed by atoms with E-state index in [-0.39, 0.29) is 0 Å². The highest BCUT2D eigenvalue weighted by atomic mass is 15.0. The van der Waals surface area contributed by atoms with Gasteiger partial charge >= 0.3 is 0 Å². The summed E-state index contributed by atoms with van der Waals surface area (Å²) in [5, 5.41) is 3.39. The predicted octanol–water partition coefficient (Wildman–Crippen LogP) is 2.00. The van der Waals surface area contributed by atoms with Gasteiger partial charge in [-0.15, -0.1) is 0 Å². The van der Waals surface area contributed by atoms with Crippen LogP contribution in [0.4, 0.5) is 0 Å².